The molecule has 0 aliphatic carbocycles. The Morgan fingerprint density at radius 2 is 2.00 bits per heavy atom. The summed E-state index contributed by atoms with van der Waals surface area (Å²) in [5.74, 6) is 0.866. The molecule has 0 spiro atoms. The third-order valence-corrected chi connectivity index (χ3v) is 4.03. The van der Waals surface area contributed by atoms with E-state index >= 15 is 0 Å². The van der Waals surface area contributed by atoms with E-state index in [9.17, 15) is 9.59 Å². The molecule has 0 N–H and O–H groups in total. The molecular weight excluding hydrogens is 280 g/mol. The molecule has 0 radical (unpaired) electrons. The number of carbonyl (C=O) groups excluding carboxylic acids is 2. The summed E-state index contributed by atoms with van der Waals surface area (Å²) in [5.41, 5.74) is 1.02. The maximum atomic E-state index is 12.3. The summed E-state index contributed by atoms with van der Waals surface area (Å²) in [5, 5.41) is 0. The molecule has 120 valence electrons. The van der Waals surface area contributed by atoms with Crippen molar-refractivity contribution in [1.29, 1.82) is 0 Å². The molecule has 1 saturated heterocycles. The minimum absolute atomic E-state index is 0.0302. The maximum absolute atomic E-state index is 12.3. The number of methoxy groups -OCH3 is 1. The van der Waals surface area contributed by atoms with E-state index in [4.69, 9.17) is 4.74 Å². The number of hydrogen-bond donors (Lipinski definition) is 0. The zero-order valence-electron chi connectivity index (χ0n) is 13.5. The predicted octanol–water partition coefficient (Wildman–Crippen LogP) is 1.71. The van der Waals surface area contributed by atoms with Crippen molar-refractivity contribution < 1.29 is 14.3 Å². The van der Waals surface area contributed by atoms with E-state index < -0.39 is 0 Å². The molecule has 5 heteroatoms. The summed E-state index contributed by atoms with van der Waals surface area (Å²) >= 11 is 0. The van der Waals surface area contributed by atoms with Crippen LogP contribution in [0.25, 0.3) is 0 Å². The lowest BCUT2D eigenvalue weighted by Gasteiger charge is -2.36. The molecular formula is C17H24N2O3. The minimum Gasteiger partial charge on any atom is -0.496 e. The lowest BCUT2D eigenvalue weighted by atomic mass is 10.1. The topological polar surface area (TPSA) is 49.9 Å². The van der Waals surface area contributed by atoms with Crippen LogP contribution >= 0.6 is 0 Å². The monoisotopic (exact) mass is 304 g/mol. The number of piperazine rings is 1. The van der Waals surface area contributed by atoms with Gasteiger partial charge in [-0.1, -0.05) is 18.2 Å². The Kier molecular flexibility index (Phi) is 5.41. The van der Waals surface area contributed by atoms with Crippen LogP contribution in [0.5, 0.6) is 5.75 Å². The van der Waals surface area contributed by atoms with Gasteiger partial charge in [-0.3, -0.25) is 9.59 Å². The van der Waals surface area contributed by atoms with Gasteiger partial charge in [-0.05, 0) is 31.9 Å². The summed E-state index contributed by atoms with van der Waals surface area (Å²) in [7, 11) is 1.63. The Balaban J connectivity index is 1.89. The predicted molar refractivity (Wildman–Crippen MR) is 84.7 cm³/mol. The second kappa shape index (κ2) is 7.29. The first-order valence-electron chi connectivity index (χ1n) is 7.72. The van der Waals surface area contributed by atoms with Gasteiger partial charge in [0.15, 0.2) is 0 Å². The van der Waals surface area contributed by atoms with E-state index in [-0.39, 0.29) is 24.4 Å². The van der Waals surface area contributed by atoms with Gasteiger partial charge in [0.1, 0.15) is 5.75 Å². The Labute approximate surface area is 131 Å². The van der Waals surface area contributed by atoms with Gasteiger partial charge in [0, 0.05) is 25.6 Å². The van der Waals surface area contributed by atoms with E-state index in [1.807, 2.05) is 43.0 Å². The molecule has 0 saturated carbocycles. The zero-order chi connectivity index (χ0) is 16.1. The first-order valence-corrected chi connectivity index (χ1v) is 7.72. The van der Waals surface area contributed by atoms with Gasteiger partial charge < -0.3 is 14.5 Å². The molecule has 0 bridgehead atoms. The number of hydrogen-bond acceptors (Lipinski definition) is 3. The Bertz CT molecular complexity index is 542. The van der Waals surface area contributed by atoms with Crippen LogP contribution in [0.15, 0.2) is 24.3 Å². The number of para-hydroxylation sites is 1. The summed E-state index contributed by atoms with van der Waals surface area (Å²) in [6, 6.07) is 7.90. The number of carbonyl (C=O) groups is 2. The van der Waals surface area contributed by atoms with E-state index in [0.29, 0.717) is 25.9 Å². The van der Waals surface area contributed by atoms with E-state index in [1.165, 1.54) is 0 Å². The number of ether oxygens (including phenoxy) is 1. The van der Waals surface area contributed by atoms with Crippen molar-refractivity contribution in [3.05, 3.63) is 29.8 Å². The summed E-state index contributed by atoms with van der Waals surface area (Å²) in [6.45, 7) is 5.43. The maximum Gasteiger partial charge on any atom is 0.242 e. The van der Waals surface area contributed by atoms with Crippen LogP contribution in [0.1, 0.15) is 25.8 Å². The van der Waals surface area contributed by atoms with Crippen molar-refractivity contribution in [2.75, 3.05) is 26.7 Å². The molecule has 1 aromatic rings. The number of benzene rings is 1. The molecule has 1 aliphatic rings. The molecule has 2 amide bonds. The van der Waals surface area contributed by atoms with Crippen molar-refractivity contribution in [3.8, 4) is 5.75 Å². The van der Waals surface area contributed by atoms with Crippen molar-refractivity contribution in [2.24, 2.45) is 0 Å². The van der Waals surface area contributed by atoms with Crippen LogP contribution < -0.4 is 4.74 Å². The van der Waals surface area contributed by atoms with E-state index in [0.717, 1.165) is 11.3 Å². The third-order valence-electron chi connectivity index (χ3n) is 4.03. The van der Waals surface area contributed by atoms with E-state index in [2.05, 4.69) is 0 Å². The van der Waals surface area contributed by atoms with Crippen molar-refractivity contribution in [3.63, 3.8) is 0 Å². The Morgan fingerprint density at radius 3 is 2.64 bits per heavy atom. The number of aryl methyl sites for hydroxylation is 1. The summed E-state index contributed by atoms with van der Waals surface area (Å²) < 4.78 is 5.29. The summed E-state index contributed by atoms with van der Waals surface area (Å²) in [4.78, 5) is 27.8. The highest BCUT2D eigenvalue weighted by atomic mass is 16.5. The van der Waals surface area contributed by atoms with Crippen LogP contribution in [0.4, 0.5) is 0 Å². The zero-order valence-corrected chi connectivity index (χ0v) is 13.5. The standard InChI is InChI=1S/C17H24N2O3/c1-13(2)19-11-10-18(12-17(19)21)16(20)9-8-14-6-4-5-7-15(14)22-3/h4-7,13H,8-12H2,1-3H3. The number of rotatable bonds is 5. The number of nitrogens with zero attached hydrogens (tertiary/aromatic N) is 2. The first kappa shape index (κ1) is 16.3. The average molecular weight is 304 g/mol. The molecule has 1 heterocycles. The molecule has 1 aliphatic heterocycles. The van der Waals surface area contributed by atoms with Gasteiger partial charge in [-0.2, -0.15) is 0 Å². The lowest BCUT2D eigenvalue weighted by Crippen LogP contribution is -2.54. The fourth-order valence-corrected chi connectivity index (χ4v) is 2.75. The fourth-order valence-electron chi connectivity index (χ4n) is 2.75. The molecule has 5 nitrogen and oxygen atoms in total. The largest absolute Gasteiger partial charge is 0.496 e. The van der Waals surface area contributed by atoms with Crippen molar-refractivity contribution >= 4 is 11.8 Å². The van der Waals surface area contributed by atoms with Gasteiger partial charge in [0.25, 0.3) is 0 Å². The highest BCUT2D eigenvalue weighted by Gasteiger charge is 2.28. The van der Waals surface area contributed by atoms with Crippen LogP contribution in [0, 0.1) is 0 Å². The third kappa shape index (κ3) is 3.78. The molecule has 1 fully saturated rings. The quantitative estimate of drug-likeness (QED) is 0.832. The highest BCUT2D eigenvalue weighted by molar-refractivity contribution is 5.86. The van der Waals surface area contributed by atoms with Gasteiger partial charge in [-0.15, -0.1) is 0 Å². The Hall–Kier alpha value is -2.04. The van der Waals surface area contributed by atoms with Crippen LogP contribution in [-0.2, 0) is 16.0 Å². The number of amides is 2. The molecule has 0 atom stereocenters. The highest BCUT2D eigenvalue weighted by Crippen LogP contribution is 2.19. The van der Waals surface area contributed by atoms with Gasteiger partial charge >= 0.3 is 0 Å². The summed E-state index contributed by atoms with van der Waals surface area (Å²) in [6.07, 6.45) is 1.02. The van der Waals surface area contributed by atoms with Crippen molar-refractivity contribution in [1.82, 2.24) is 9.80 Å². The van der Waals surface area contributed by atoms with Crippen LogP contribution in [-0.4, -0.2) is 54.4 Å². The Morgan fingerprint density at radius 1 is 1.27 bits per heavy atom. The smallest absolute Gasteiger partial charge is 0.242 e. The van der Waals surface area contributed by atoms with Gasteiger partial charge in [0.05, 0.1) is 13.7 Å². The molecule has 22 heavy (non-hydrogen) atoms. The van der Waals surface area contributed by atoms with Crippen molar-refractivity contribution in [2.45, 2.75) is 32.7 Å². The molecule has 0 unspecified atom stereocenters. The second-order valence-electron chi connectivity index (χ2n) is 5.81. The lowest BCUT2D eigenvalue weighted by molar-refractivity contribution is -0.146. The normalized spacial score (nSPS) is 15.4. The second-order valence-corrected chi connectivity index (χ2v) is 5.81. The average Bonchev–Trinajstić information content (AvgIpc) is 2.52. The molecule has 2 rings (SSSR count). The molecule has 1 aromatic carbocycles. The van der Waals surface area contributed by atoms with Gasteiger partial charge in [0.2, 0.25) is 11.8 Å². The first-order chi connectivity index (χ1) is 10.5. The van der Waals surface area contributed by atoms with E-state index in [1.54, 1.807) is 12.0 Å². The van der Waals surface area contributed by atoms with Gasteiger partial charge in [-0.25, -0.2) is 0 Å². The van der Waals surface area contributed by atoms with Crippen LogP contribution in [0.3, 0.4) is 0 Å². The fraction of sp³-hybridized carbons (Fsp3) is 0.529. The SMILES string of the molecule is COc1ccccc1CCC(=O)N1CCN(C(C)C)C(=O)C1. The molecule has 0 aromatic heterocycles. The minimum atomic E-state index is 0.0302. The van der Waals surface area contributed by atoms with Crippen LogP contribution in [0.2, 0.25) is 0 Å².